The Bertz CT molecular complexity index is 2530. The van der Waals surface area contributed by atoms with Crippen LogP contribution in [-0.4, -0.2) is 9.13 Å². The molecule has 9 rings (SSSR count). The van der Waals surface area contributed by atoms with E-state index in [1.165, 1.54) is 33.4 Å². The summed E-state index contributed by atoms with van der Waals surface area (Å²) in [5.74, 6) is 0. The Morgan fingerprint density at radius 1 is 0.604 bits per heavy atom. The number of allylic oxidation sites excluding steroid dienone is 7. The van der Waals surface area contributed by atoms with E-state index in [1.54, 1.807) is 0 Å². The van der Waals surface area contributed by atoms with E-state index >= 15 is 0 Å². The summed E-state index contributed by atoms with van der Waals surface area (Å²) in [5.41, 5.74) is 15.2. The van der Waals surface area contributed by atoms with Gasteiger partial charge in [-0.15, -0.1) is 0 Å². The quantitative estimate of drug-likeness (QED) is 0.198. The van der Waals surface area contributed by atoms with Gasteiger partial charge in [0.25, 0.3) is 0 Å². The highest BCUT2D eigenvalue weighted by Gasteiger charge is 2.26. The Balaban J connectivity index is 1.28. The molecule has 6 aromatic rings. The summed E-state index contributed by atoms with van der Waals surface area (Å²) < 4.78 is 4.80. The fourth-order valence-corrected chi connectivity index (χ4v) is 8.27. The Hall–Kier alpha value is -6.10. The zero-order valence-corrected chi connectivity index (χ0v) is 26.6. The molecule has 2 aromatic heterocycles. The monoisotopic (exact) mass is 616 g/mol. The van der Waals surface area contributed by atoms with Gasteiger partial charge in [0.1, 0.15) is 0 Å². The fourth-order valence-electron chi connectivity index (χ4n) is 8.27. The molecule has 0 saturated heterocycles. The molecule has 48 heavy (non-hydrogen) atoms. The maximum Gasteiger partial charge on any atom is 0.0998 e. The summed E-state index contributed by atoms with van der Waals surface area (Å²) in [6.45, 7) is 0. The largest absolute Gasteiger partial charge is 0.313 e. The number of aromatic nitrogens is 2. The van der Waals surface area contributed by atoms with E-state index in [4.69, 9.17) is 0 Å². The molecule has 0 unspecified atom stereocenters. The lowest BCUT2D eigenvalue weighted by molar-refractivity contribution is 0.885. The van der Waals surface area contributed by atoms with Crippen LogP contribution < -0.4 is 0 Å². The first kappa shape index (κ1) is 28.1. The predicted octanol–water partition coefficient (Wildman–Crippen LogP) is 10.7. The molecule has 0 aliphatic heterocycles. The summed E-state index contributed by atoms with van der Waals surface area (Å²) in [4.78, 5) is 0. The van der Waals surface area contributed by atoms with E-state index in [-0.39, 0.29) is 0 Å². The van der Waals surface area contributed by atoms with E-state index in [1.807, 2.05) is 12.1 Å². The fraction of sp³-hybridized carbons (Fsp3) is 0.136. The molecule has 2 heterocycles. The SMILES string of the molecule is N#CC1=CCCc2c1c1ccccc1n2-c1cccc(-c2cccc(C#N)c2C2=C(n3c4c(c5ccccc53)C=CCC4)C=CCC2)c1. The minimum Gasteiger partial charge on any atom is -0.313 e. The van der Waals surface area contributed by atoms with Crippen molar-refractivity contribution in [2.24, 2.45) is 0 Å². The second kappa shape index (κ2) is 11.3. The molecule has 0 spiro atoms. The second-order valence-electron chi connectivity index (χ2n) is 12.8. The van der Waals surface area contributed by atoms with Gasteiger partial charge in [-0.1, -0.05) is 85.0 Å². The highest BCUT2D eigenvalue weighted by molar-refractivity contribution is 6.03. The lowest BCUT2D eigenvalue weighted by atomic mass is 9.85. The Labute approximate surface area is 280 Å². The summed E-state index contributed by atoms with van der Waals surface area (Å²) in [6, 6.07) is 37.0. The van der Waals surface area contributed by atoms with E-state index in [9.17, 15) is 10.5 Å². The van der Waals surface area contributed by atoms with Crippen molar-refractivity contribution in [1.82, 2.24) is 9.13 Å². The van der Waals surface area contributed by atoms with Gasteiger partial charge in [-0.05, 0) is 91.6 Å². The topological polar surface area (TPSA) is 57.4 Å². The van der Waals surface area contributed by atoms with Gasteiger partial charge in [-0.2, -0.15) is 10.5 Å². The third kappa shape index (κ3) is 4.20. The number of fused-ring (bicyclic) bond motifs is 6. The number of nitrogens with zero attached hydrogens (tertiary/aromatic N) is 4. The van der Waals surface area contributed by atoms with Crippen LogP contribution in [0.5, 0.6) is 0 Å². The van der Waals surface area contributed by atoms with Crippen molar-refractivity contribution in [3.63, 3.8) is 0 Å². The van der Waals surface area contributed by atoms with Gasteiger partial charge in [-0.3, -0.25) is 0 Å². The summed E-state index contributed by atoms with van der Waals surface area (Å²) in [5, 5.41) is 23.0. The zero-order chi connectivity index (χ0) is 32.2. The summed E-state index contributed by atoms with van der Waals surface area (Å²) >= 11 is 0. The predicted molar refractivity (Wildman–Crippen MR) is 196 cm³/mol. The minimum atomic E-state index is 0.693. The molecule has 228 valence electrons. The van der Waals surface area contributed by atoms with Gasteiger partial charge in [0.15, 0.2) is 0 Å². The van der Waals surface area contributed by atoms with Gasteiger partial charge in [0.2, 0.25) is 0 Å². The molecule has 4 heteroatoms. The van der Waals surface area contributed by atoms with Crippen molar-refractivity contribution >= 4 is 44.7 Å². The van der Waals surface area contributed by atoms with Crippen LogP contribution in [0.2, 0.25) is 0 Å². The van der Waals surface area contributed by atoms with Gasteiger partial charge < -0.3 is 9.13 Å². The van der Waals surface area contributed by atoms with Gasteiger partial charge in [0.05, 0.1) is 34.3 Å². The number of para-hydroxylation sites is 2. The van der Waals surface area contributed by atoms with Crippen LogP contribution in [0.25, 0.3) is 61.5 Å². The van der Waals surface area contributed by atoms with Gasteiger partial charge >= 0.3 is 0 Å². The van der Waals surface area contributed by atoms with E-state index in [0.717, 1.165) is 88.6 Å². The van der Waals surface area contributed by atoms with Crippen molar-refractivity contribution in [2.75, 3.05) is 0 Å². The molecule has 0 bridgehead atoms. The van der Waals surface area contributed by atoms with Crippen LogP contribution in [0.4, 0.5) is 0 Å². The maximum absolute atomic E-state index is 10.6. The maximum atomic E-state index is 10.6. The molecule has 4 aromatic carbocycles. The highest BCUT2D eigenvalue weighted by atomic mass is 15.0. The van der Waals surface area contributed by atoms with Crippen LogP contribution in [-0.2, 0) is 12.8 Å². The smallest absolute Gasteiger partial charge is 0.0998 e. The molecule has 0 fully saturated rings. The molecule has 3 aliphatic rings. The van der Waals surface area contributed by atoms with Crippen LogP contribution in [0.1, 0.15) is 59.3 Å². The molecule has 0 radical (unpaired) electrons. The van der Waals surface area contributed by atoms with Crippen molar-refractivity contribution in [3.8, 4) is 29.0 Å². The van der Waals surface area contributed by atoms with Crippen LogP contribution in [0, 0.1) is 22.7 Å². The molecular weight excluding hydrogens is 585 g/mol. The Morgan fingerprint density at radius 2 is 1.35 bits per heavy atom. The summed E-state index contributed by atoms with van der Waals surface area (Å²) in [6.07, 6.45) is 16.7. The number of nitriles is 2. The molecule has 0 N–H and O–H groups in total. The minimum absolute atomic E-state index is 0.693. The van der Waals surface area contributed by atoms with Crippen molar-refractivity contribution in [2.45, 2.75) is 38.5 Å². The average molecular weight is 617 g/mol. The number of hydrogen-bond donors (Lipinski definition) is 0. The number of rotatable bonds is 4. The van der Waals surface area contributed by atoms with E-state index in [0.29, 0.717) is 5.56 Å². The van der Waals surface area contributed by atoms with Crippen LogP contribution >= 0.6 is 0 Å². The van der Waals surface area contributed by atoms with Gasteiger partial charge in [-0.25, -0.2) is 0 Å². The van der Waals surface area contributed by atoms with Crippen LogP contribution in [0.15, 0.2) is 115 Å². The first-order chi connectivity index (χ1) is 23.8. The zero-order valence-electron chi connectivity index (χ0n) is 26.6. The normalized spacial score (nSPS) is 15.2. The van der Waals surface area contributed by atoms with E-state index < -0.39 is 0 Å². The lowest BCUT2D eigenvalue weighted by Crippen LogP contribution is -2.09. The molecule has 3 aliphatic carbocycles. The number of benzene rings is 4. The third-order valence-electron chi connectivity index (χ3n) is 10.2. The molecule has 4 nitrogen and oxygen atoms in total. The Morgan fingerprint density at radius 3 is 2.21 bits per heavy atom. The molecular formula is C44H32N4. The standard InChI is InChI=1S/C44H32N4/c45-27-30-13-10-20-33(29-12-9-15-32(26-29)47-40-23-7-4-19-37(40)44-31(28-46)14-11-25-42(44)47)43(30)36-18-3-8-24-41(36)48-38-21-5-1-16-34(38)35-17-2-6-22-39(35)48/h1-2,4-5,7-10,12-17,19-21,23-24,26H,3,6,11,18,22,25H2. The third-order valence-corrected chi connectivity index (χ3v) is 10.2. The summed E-state index contributed by atoms with van der Waals surface area (Å²) in [7, 11) is 0. The molecule has 0 amide bonds. The second-order valence-corrected chi connectivity index (χ2v) is 12.8. The molecule has 0 saturated carbocycles. The van der Waals surface area contributed by atoms with Crippen LogP contribution in [0.3, 0.4) is 0 Å². The Kier molecular flexibility index (Phi) is 6.63. The number of hydrogen-bond acceptors (Lipinski definition) is 2. The average Bonchev–Trinajstić information content (AvgIpc) is 3.68. The van der Waals surface area contributed by atoms with E-state index in [2.05, 4.69) is 131 Å². The lowest BCUT2D eigenvalue weighted by Gasteiger charge is -2.24. The van der Waals surface area contributed by atoms with Crippen molar-refractivity contribution < 1.29 is 0 Å². The van der Waals surface area contributed by atoms with Gasteiger partial charge in [0, 0.05) is 50.2 Å². The first-order valence-corrected chi connectivity index (χ1v) is 16.8. The van der Waals surface area contributed by atoms with Crippen molar-refractivity contribution in [3.05, 3.63) is 149 Å². The van der Waals surface area contributed by atoms with Crippen molar-refractivity contribution in [1.29, 1.82) is 10.5 Å². The molecule has 0 atom stereocenters. The highest BCUT2D eigenvalue weighted by Crippen LogP contribution is 2.44. The first-order valence-electron chi connectivity index (χ1n) is 16.8.